The molecule has 0 amide bonds. The highest BCUT2D eigenvalue weighted by Gasteiger charge is 2.05. The summed E-state index contributed by atoms with van der Waals surface area (Å²) in [4.78, 5) is 21.4. The first-order valence-corrected chi connectivity index (χ1v) is 11.4. The molecule has 0 saturated carbocycles. The number of hydrogen-bond donors (Lipinski definition) is 0. The third-order valence-electron chi connectivity index (χ3n) is 4.85. The molecule has 0 radical (unpaired) electrons. The van der Waals surface area contributed by atoms with Crippen LogP contribution in [0.4, 0.5) is 0 Å². The minimum Gasteiger partial charge on any atom is -0.260 e. The molecule has 0 bridgehead atoms. The van der Waals surface area contributed by atoms with Crippen molar-refractivity contribution in [3.63, 3.8) is 0 Å². The summed E-state index contributed by atoms with van der Waals surface area (Å²) < 4.78 is 0. The van der Waals surface area contributed by atoms with Crippen LogP contribution in [0.3, 0.4) is 0 Å². The minimum atomic E-state index is 0.475. The Labute approximate surface area is 195 Å². The second kappa shape index (κ2) is 13.0. The summed E-state index contributed by atoms with van der Waals surface area (Å²) in [6, 6.07) is 2.18. The molecule has 0 spiro atoms. The van der Waals surface area contributed by atoms with E-state index < -0.39 is 0 Å². The maximum Gasteiger partial charge on any atom is 0.0641 e. The molecule has 5 heteroatoms. The second-order valence-electron chi connectivity index (χ2n) is 9.24. The first kappa shape index (κ1) is 27.3. The lowest BCUT2D eigenvalue weighted by Gasteiger charge is -2.07. The van der Waals surface area contributed by atoms with Gasteiger partial charge in [-0.25, -0.2) is 0 Å². The minimum absolute atomic E-state index is 0.475. The average Bonchev–Trinajstić information content (AvgIpc) is 2.68. The fourth-order valence-corrected chi connectivity index (χ4v) is 3.20. The van der Waals surface area contributed by atoms with Crippen LogP contribution in [0.1, 0.15) is 105 Å². The van der Waals surface area contributed by atoms with Crippen LogP contribution >= 0.6 is 0 Å². The number of hydrogen-bond acceptors (Lipinski definition) is 5. The zero-order chi connectivity index (χ0) is 24.4. The molecule has 0 saturated heterocycles. The molecule has 0 aliphatic heterocycles. The number of aryl methyl sites for hydroxylation is 5. The standard InChI is InChI=1S/C10H15N.C9H14N2.C8H12N2/c1-7(2)10-9(4)5-8(3)6-11-10;1-6(2)9-8(4)11-7(3)5-10-9;1-6(2)8-5-9-7(3)4-10-8/h5-7H,1-4H3;5-6H,1-4H3;4-6H,1-3H3. The number of rotatable bonds is 3. The largest absolute Gasteiger partial charge is 0.260 e. The number of aromatic nitrogens is 5. The van der Waals surface area contributed by atoms with E-state index in [0.29, 0.717) is 17.8 Å². The van der Waals surface area contributed by atoms with E-state index in [0.717, 1.165) is 28.5 Å². The van der Waals surface area contributed by atoms with E-state index in [-0.39, 0.29) is 0 Å². The molecule has 5 nitrogen and oxygen atoms in total. The second-order valence-corrected chi connectivity index (χ2v) is 9.24. The average molecular weight is 436 g/mol. The molecule has 174 valence electrons. The van der Waals surface area contributed by atoms with Gasteiger partial charge >= 0.3 is 0 Å². The quantitative estimate of drug-likeness (QED) is 0.445. The first-order valence-electron chi connectivity index (χ1n) is 11.4. The molecule has 0 N–H and O–H groups in total. The Morgan fingerprint density at radius 1 is 0.562 bits per heavy atom. The normalized spacial score (nSPS) is 10.6. The van der Waals surface area contributed by atoms with Crippen molar-refractivity contribution in [1.82, 2.24) is 24.9 Å². The predicted octanol–water partition coefficient (Wildman–Crippen LogP) is 6.95. The topological polar surface area (TPSA) is 64.5 Å². The van der Waals surface area contributed by atoms with E-state index >= 15 is 0 Å². The van der Waals surface area contributed by atoms with Gasteiger partial charge in [0.2, 0.25) is 0 Å². The van der Waals surface area contributed by atoms with Gasteiger partial charge < -0.3 is 0 Å². The molecule has 3 aromatic heterocycles. The number of pyridine rings is 1. The monoisotopic (exact) mass is 435 g/mol. The molecule has 0 aromatic carbocycles. The Morgan fingerprint density at radius 2 is 1.12 bits per heavy atom. The maximum absolute atomic E-state index is 4.38. The van der Waals surface area contributed by atoms with Crippen LogP contribution in [-0.4, -0.2) is 24.9 Å². The predicted molar refractivity (Wildman–Crippen MR) is 134 cm³/mol. The van der Waals surface area contributed by atoms with Crippen LogP contribution in [0.25, 0.3) is 0 Å². The van der Waals surface area contributed by atoms with Crippen molar-refractivity contribution in [2.75, 3.05) is 0 Å². The van der Waals surface area contributed by atoms with Crippen LogP contribution < -0.4 is 0 Å². The Bertz CT molecular complexity index is 905. The van der Waals surface area contributed by atoms with E-state index in [1.54, 1.807) is 6.20 Å². The van der Waals surface area contributed by atoms with Crippen LogP contribution in [-0.2, 0) is 0 Å². The zero-order valence-electron chi connectivity index (χ0n) is 21.9. The molecule has 32 heavy (non-hydrogen) atoms. The highest BCUT2D eigenvalue weighted by molar-refractivity contribution is 5.25. The van der Waals surface area contributed by atoms with E-state index in [4.69, 9.17) is 0 Å². The van der Waals surface area contributed by atoms with Crippen molar-refractivity contribution in [3.8, 4) is 0 Å². The van der Waals surface area contributed by atoms with Crippen LogP contribution in [0.15, 0.2) is 30.9 Å². The van der Waals surface area contributed by atoms with E-state index in [2.05, 4.69) is 86.4 Å². The van der Waals surface area contributed by atoms with Gasteiger partial charge in [-0.05, 0) is 63.5 Å². The van der Waals surface area contributed by atoms with Gasteiger partial charge in [0.1, 0.15) is 0 Å². The van der Waals surface area contributed by atoms with Crippen LogP contribution in [0.5, 0.6) is 0 Å². The Kier molecular flexibility index (Phi) is 11.1. The van der Waals surface area contributed by atoms with Gasteiger partial charge in [-0.15, -0.1) is 0 Å². The van der Waals surface area contributed by atoms with Gasteiger partial charge in [0.15, 0.2) is 0 Å². The lowest BCUT2D eigenvalue weighted by Crippen LogP contribution is -2.00. The molecule has 0 fully saturated rings. The third-order valence-corrected chi connectivity index (χ3v) is 4.85. The van der Waals surface area contributed by atoms with Gasteiger partial charge in [-0.2, -0.15) is 0 Å². The van der Waals surface area contributed by atoms with E-state index in [1.165, 1.54) is 16.8 Å². The van der Waals surface area contributed by atoms with Crippen molar-refractivity contribution >= 4 is 0 Å². The highest BCUT2D eigenvalue weighted by Crippen LogP contribution is 2.16. The van der Waals surface area contributed by atoms with Crippen molar-refractivity contribution in [2.24, 2.45) is 0 Å². The van der Waals surface area contributed by atoms with E-state index in [9.17, 15) is 0 Å². The van der Waals surface area contributed by atoms with Gasteiger partial charge in [-0.3, -0.25) is 24.9 Å². The highest BCUT2D eigenvalue weighted by atomic mass is 14.8. The molecule has 0 atom stereocenters. The fraction of sp³-hybridized carbons (Fsp3) is 0.519. The maximum atomic E-state index is 4.38. The fourth-order valence-electron chi connectivity index (χ4n) is 3.20. The first-order chi connectivity index (χ1) is 14.9. The van der Waals surface area contributed by atoms with Gasteiger partial charge in [-0.1, -0.05) is 47.6 Å². The van der Waals surface area contributed by atoms with Crippen LogP contribution in [0.2, 0.25) is 0 Å². The van der Waals surface area contributed by atoms with Crippen molar-refractivity contribution < 1.29 is 0 Å². The van der Waals surface area contributed by atoms with Crippen molar-refractivity contribution in [2.45, 2.75) is 93.9 Å². The van der Waals surface area contributed by atoms with Gasteiger partial charge in [0.25, 0.3) is 0 Å². The lowest BCUT2D eigenvalue weighted by atomic mass is 10.0. The third kappa shape index (κ3) is 9.21. The molecule has 3 aromatic rings. The molecule has 3 heterocycles. The molecule has 3 rings (SSSR count). The summed E-state index contributed by atoms with van der Waals surface area (Å²) in [6.07, 6.45) is 7.39. The Morgan fingerprint density at radius 3 is 1.56 bits per heavy atom. The SMILES string of the molecule is Cc1cnc(C(C)C)c(C)c1.Cc1cnc(C(C)C)c(C)n1.Cc1cnc(C(C)C)cn1. The molecule has 0 aliphatic carbocycles. The summed E-state index contributed by atoms with van der Waals surface area (Å²) in [5, 5.41) is 0. The van der Waals surface area contributed by atoms with Crippen molar-refractivity contribution in [3.05, 3.63) is 76.1 Å². The molecule has 0 aliphatic rings. The number of nitrogens with zero attached hydrogens (tertiary/aromatic N) is 5. The lowest BCUT2D eigenvalue weighted by molar-refractivity contribution is 0.789. The van der Waals surface area contributed by atoms with Gasteiger partial charge in [0, 0.05) is 30.5 Å². The smallest absolute Gasteiger partial charge is 0.0641 e. The van der Waals surface area contributed by atoms with Gasteiger partial charge in [0.05, 0.1) is 28.5 Å². The van der Waals surface area contributed by atoms with Crippen LogP contribution in [0, 0.1) is 34.6 Å². The summed E-state index contributed by atoms with van der Waals surface area (Å²) in [5.74, 6) is 1.49. The Balaban J connectivity index is 0.000000240. The van der Waals surface area contributed by atoms with E-state index in [1.807, 2.05) is 39.4 Å². The Hall–Kier alpha value is -2.69. The molecular formula is C27H41N5. The summed E-state index contributed by atoms with van der Waals surface area (Å²) in [7, 11) is 0. The summed E-state index contributed by atoms with van der Waals surface area (Å²) in [5.41, 5.74) is 8.96. The summed E-state index contributed by atoms with van der Waals surface area (Å²) >= 11 is 0. The molecular weight excluding hydrogens is 394 g/mol. The van der Waals surface area contributed by atoms with Crippen molar-refractivity contribution in [1.29, 1.82) is 0 Å². The zero-order valence-corrected chi connectivity index (χ0v) is 21.9. The summed E-state index contributed by atoms with van der Waals surface area (Å²) in [6.45, 7) is 22.9. The molecule has 0 unspecified atom stereocenters.